The zero-order valence-electron chi connectivity index (χ0n) is 15.2. The number of benzene rings is 1. The molecule has 2 heterocycles. The molecule has 2 aromatic rings. The molecule has 1 fully saturated rings. The van der Waals surface area contributed by atoms with E-state index in [4.69, 9.17) is 0 Å². The second kappa shape index (κ2) is 9.26. The molecule has 0 aliphatic carbocycles. The first-order chi connectivity index (χ1) is 13.1. The van der Waals surface area contributed by atoms with Crippen molar-refractivity contribution < 1.29 is 14.0 Å². The predicted octanol–water partition coefficient (Wildman–Crippen LogP) is 3.22. The van der Waals surface area contributed by atoms with Gasteiger partial charge < -0.3 is 10.2 Å². The number of nitrogens with zero attached hydrogens (tertiary/aromatic N) is 2. The summed E-state index contributed by atoms with van der Waals surface area (Å²) in [6.07, 6.45) is 4.20. The van der Waals surface area contributed by atoms with E-state index in [1.165, 1.54) is 24.3 Å². The number of hydrogen-bond donors (Lipinski definition) is 1. The molecule has 1 aliphatic heterocycles. The van der Waals surface area contributed by atoms with Crippen LogP contribution in [0, 0.1) is 11.7 Å². The van der Waals surface area contributed by atoms with Crippen LogP contribution >= 0.6 is 0 Å². The van der Waals surface area contributed by atoms with Gasteiger partial charge in [0.2, 0.25) is 5.91 Å². The summed E-state index contributed by atoms with van der Waals surface area (Å²) >= 11 is 0. The third kappa shape index (κ3) is 5.61. The molecular formula is C21H24FN3O2. The Hall–Kier alpha value is -2.76. The van der Waals surface area contributed by atoms with Gasteiger partial charge in [0.25, 0.3) is 0 Å². The first-order valence-electron chi connectivity index (χ1n) is 9.33. The number of Topliss-reactive ketones (excluding diaryl/α,β-unsaturated/α-hetero) is 1. The molecule has 0 bridgehead atoms. The maximum absolute atomic E-state index is 12.9. The summed E-state index contributed by atoms with van der Waals surface area (Å²) in [5.74, 6) is 0.692. The van der Waals surface area contributed by atoms with E-state index in [9.17, 15) is 14.0 Å². The molecule has 0 radical (unpaired) electrons. The molecule has 1 N–H and O–H groups in total. The highest BCUT2D eigenvalue weighted by atomic mass is 19.1. The van der Waals surface area contributed by atoms with E-state index in [2.05, 4.69) is 15.2 Å². The van der Waals surface area contributed by atoms with E-state index in [-0.39, 0.29) is 30.3 Å². The maximum Gasteiger partial charge on any atom is 0.220 e. The summed E-state index contributed by atoms with van der Waals surface area (Å²) < 4.78 is 12.9. The minimum absolute atomic E-state index is 0.125. The van der Waals surface area contributed by atoms with Gasteiger partial charge in [-0.05, 0) is 55.2 Å². The number of piperidine rings is 1. The van der Waals surface area contributed by atoms with Crippen LogP contribution in [0.5, 0.6) is 0 Å². The summed E-state index contributed by atoms with van der Waals surface area (Å²) in [4.78, 5) is 30.8. The summed E-state index contributed by atoms with van der Waals surface area (Å²) in [7, 11) is 0. The van der Waals surface area contributed by atoms with Crippen molar-refractivity contribution >= 4 is 17.5 Å². The number of rotatable bonds is 7. The molecule has 0 unspecified atom stereocenters. The van der Waals surface area contributed by atoms with Gasteiger partial charge in [0.15, 0.2) is 5.78 Å². The van der Waals surface area contributed by atoms with Gasteiger partial charge in [0.1, 0.15) is 11.6 Å². The SMILES string of the molecule is O=C(CCC(=O)c1ccc(F)cc1)NC[C@H]1CCCN(c2ccccn2)C1. The number of hydrogen-bond acceptors (Lipinski definition) is 4. The molecule has 5 nitrogen and oxygen atoms in total. The minimum atomic E-state index is -0.378. The van der Waals surface area contributed by atoms with Crippen LogP contribution in [0.15, 0.2) is 48.7 Å². The normalized spacial score (nSPS) is 16.8. The highest BCUT2D eigenvalue weighted by Gasteiger charge is 2.21. The van der Waals surface area contributed by atoms with E-state index >= 15 is 0 Å². The molecule has 1 amide bonds. The predicted molar refractivity (Wildman–Crippen MR) is 102 cm³/mol. The van der Waals surface area contributed by atoms with Crippen molar-refractivity contribution in [1.29, 1.82) is 0 Å². The van der Waals surface area contributed by atoms with E-state index in [0.717, 1.165) is 31.7 Å². The van der Waals surface area contributed by atoms with Crippen LogP contribution in [0.4, 0.5) is 10.2 Å². The third-order valence-corrected chi connectivity index (χ3v) is 4.83. The number of ketones is 1. The summed E-state index contributed by atoms with van der Waals surface area (Å²) in [6.45, 7) is 2.45. The zero-order chi connectivity index (χ0) is 19.1. The Labute approximate surface area is 158 Å². The van der Waals surface area contributed by atoms with Crippen molar-refractivity contribution in [3.8, 4) is 0 Å². The Kier molecular flexibility index (Phi) is 6.52. The molecule has 0 spiro atoms. The molecule has 1 atom stereocenters. The molecule has 0 saturated carbocycles. The fourth-order valence-corrected chi connectivity index (χ4v) is 3.33. The second-order valence-corrected chi connectivity index (χ2v) is 6.88. The molecular weight excluding hydrogens is 345 g/mol. The van der Waals surface area contributed by atoms with Gasteiger partial charge in [-0.2, -0.15) is 0 Å². The van der Waals surface area contributed by atoms with Crippen molar-refractivity contribution in [2.45, 2.75) is 25.7 Å². The topological polar surface area (TPSA) is 62.3 Å². The van der Waals surface area contributed by atoms with Crippen molar-refractivity contribution in [2.24, 2.45) is 5.92 Å². The van der Waals surface area contributed by atoms with Crippen molar-refractivity contribution in [3.63, 3.8) is 0 Å². The Morgan fingerprint density at radius 1 is 1.15 bits per heavy atom. The highest BCUT2D eigenvalue weighted by Crippen LogP contribution is 2.20. The summed E-state index contributed by atoms with van der Waals surface area (Å²) in [6, 6.07) is 11.3. The van der Waals surface area contributed by atoms with Crippen molar-refractivity contribution in [1.82, 2.24) is 10.3 Å². The average molecular weight is 369 g/mol. The minimum Gasteiger partial charge on any atom is -0.356 e. The molecule has 3 rings (SSSR count). The number of anilines is 1. The average Bonchev–Trinajstić information content (AvgIpc) is 2.72. The number of halogens is 1. The first kappa shape index (κ1) is 19.0. The van der Waals surface area contributed by atoms with Gasteiger partial charge >= 0.3 is 0 Å². The van der Waals surface area contributed by atoms with E-state index in [1.54, 1.807) is 6.20 Å². The fourth-order valence-electron chi connectivity index (χ4n) is 3.33. The van der Waals surface area contributed by atoms with Crippen LogP contribution < -0.4 is 10.2 Å². The van der Waals surface area contributed by atoms with Crippen LogP contribution in [0.2, 0.25) is 0 Å². The van der Waals surface area contributed by atoms with Crippen LogP contribution in [-0.2, 0) is 4.79 Å². The number of amides is 1. The molecule has 1 aromatic heterocycles. The number of nitrogens with one attached hydrogen (secondary N) is 1. The van der Waals surface area contributed by atoms with E-state index in [0.29, 0.717) is 18.0 Å². The number of aromatic nitrogens is 1. The lowest BCUT2D eigenvalue weighted by Crippen LogP contribution is -2.41. The standard InChI is InChI=1S/C21H24FN3O2/c22-18-8-6-17(7-9-18)19(26)10-11-21(27)24-14-16-4-3-13-25(15-16)20-5-1-2-12-23-20/h1-2,5-9,12,16H,3-4,10-11,13-15H2,(H,24,27)/t16-/m1/s1. The van der Waals surface area contributed by atoms with Gasteiger partial charge in [-0.25, -0.2) is 9.37 Å². The molecule has 6 heteroatoms. The first-order valence-corrected chi connectivity index (χ1v) is 9.33. The number of carbonyl (C=O) groups is 2. The lowest BCUT2D eigenvalue weighted by atomic mass is 9.98. The molecule has 142 valence electrons. The Morgan fingerprint density at radius 2 is 1.96 bits per heavy atom. The van der Waals surface area contributed by atoms with Gasteiger partial charge in [-0.3, -0.25) is 9.59 Å². The monoisotopic (exact) mass is 369 g/mol. The molecule has 1 aromatic carbocycles. The summed E-state index contributed by atoms with van der Waals surface area (Å²) in [5, 5.41) is 2.94. The number of carbonyl (C=O) groups excluding carboxylic acids is 2. The van der Waals surface area contributed by atoms with Crippen LogP contribution in [0.3, 0.4) is 0 Å². The largest absolute Gasteiger partial charge is 0.356 e. The zero-order valence-corrected chi connectivity index (χ0v) is 15.2. The Morgan fingerprint density at radius 3 is 2.70 bits per heavy atom. The molecule has 27 heavy (non-hydrogen) atoms. The number of pyridine rings is 1. The van der Waals surface area contributed by atoms with Crippen LogP contribution in [0.25, 0.3) is 0 Å². The lowest BCUT2D eigenvalue weighted by Gasteiger charge is -2.33. The molecule has 1 aliphatic rings. The Bertz CT molecular complexity index is 765. The quantitative estimate of drug-likeness (QED) is 0.761. The maximum atomic E-state index is 12.9. The van der Waals surface area contributed by atoms with Gasteiger partial charge in [-0.15, -0.1) is 0 Å². The summed E-state index contributed by atoms with van der Waals surface area (Å²) in [5.41, 5.74) is 0.433. The van der Waals surface area contributed by atoms with Gasteiger partial charge in [0, 0.05) is 44.2 Å². The fraction of sp³-hybridized carbons (Fsp3) is 0.381. The highest BCUT2D eigenvalue weighted by molar-refractivity contribution is 5.97. The second-order valence-electron chi connectivity index (χ2n) is 6.88. The molecule has 1 saturated heterocycles. The lowest BCUT2D eigenvalue weighted by molar-refractivity contribution is -0.121. The van der Waals surface area contributed by atoms with Gasteiger partial charge in [0.05, 0.1) is 0 Å². The van der Waals surface area contributed by atoms with Crippen LogP contribution in [0.1, 0.15) is 36.0 Å². The van der Waals surface area contributed by atoms with Crippen molar-refractivity contribution in [2.75, 3.05) is 24.5 Å². The van der Waals surface area contributed by atoms with Crippen molar-refractivity contribution in [3.05, 3.63) is 60.0 Å². The Balaban J connectivity index is 1.41. The van der Waals surface area contributed by atoms with E-state index in [1.807, 2.05) is 18.2 Å². The smallest absolute Gasteiger partial charge is 0.220 e. The van der Waals surface area contributed by atoms with Crippen LogP contribution in [-0.4, -0.2) is 36.3 Å². The van der Waals surface area contributed by atoms with E-state index < -0.39 is 0 Å². The third-order valence-electron chi connectivity index (χ3n) is 4.83. The van der Waals surface area contributed by atoms with Gasteiger partial charge in [-0.1, -0.05) is 6.07 Å².